The van der Waals surface area contributed by atoms with Crippen LogP contribution >= 0.6 is 0 Å². The summed E-state index contributed by atoms with van der Waals surface area (Å²) in [6.45, 7) is 0. The normalized spacial score (nSPS) is 10.2. The van der Waals surface area contributed by atoms with Crippen LogP contribution in [0.2, 0.25) is 0 Å². The van der Waals surface area contributed by atoms with Gasteiger partial charge in [-0.05, 0) is 24.3 Å². The quantitative estimate of drug-likeness (QED) is 0.906. The van der Waals surface area contributed by atoms with Crippen LogP contribution in [0.4, 0.5) is 10.1 Å². The van der Waals surface area contributed by atoms with E-state index in [1.165, 1.54) is 25.3 Å². The number of aryl methyl sites for hydroxylation is 1. The Hall–Kier alpha value is -2.30. The lowest BCUT2D eigenvalue weighted by Crippen LogP contribution is -2.15. The minimum absolute atomic E-state index is 0.271. The highest BCUT2D eigenvalue weighted by Gasteiger charge is 2.12. The maximum absolute atomic E-state index is 13.0. The summed E-state index contributed by atoms with van der Waals surface area (Å²) in [6.07, 6.45) is 1.77. The molecule has 1 N–H and O–H groups in total. The van der Waals surface area contributed by atoms with Crippen molar-refractivity contribution < 1.29 is 13.9 Å². The SMILES string of the molecule is COc1cc(F)ccc1NC(=O)c1cccn1C. The molecule has 0 unspecified atom stereocenters. The van der Waals surface area contributed by atoms with Crippen molar-refractivity contribution in [2.45, 2.75) is 0 Å². The fraction of sp³-hybridized carbons (Fsp3) is 0.154. The minimum Gasteiger partial charge on any atom is -0.494 e. The summed E-state index contributed by atoms with van der Waals surface area (Å²) in [5.41, 5.74) is 0.950. The molecular formula is C13H13FN2O2. The molecule has 2 aromatic rings. The first kappa shape index (κ1) is 12.2. The number of amides is 1. The summed E-state index contributed by atoms with van der Waals surface area (Å²) >= 11 is 0. The molecule has 5 heteroatoms. The Bertz CT molecular complexity index is 578. The zero-order valence-corrected chi connectivity index (χ0v) is 10.1. The first-order chi connectivity index (χ1) is 8.61. The van der Waals surface area contributed by atoms with Gasteiger partial charge in [0.05, 0.1) is 12.8 Å². The van der Waals surface area contributed by atoms with Crippen molar-refractivity contribution in [3.8, 4) is 5.75 Å². The van der Waals surface area contributed by atoms with Crippen LogP contribution in [0.1, 0.15) is 10.5 Å². The van der Waals surface area contributed by atoms with Crippen molar-refractivity contribution >= 4 is 11.6 Å². The second-order valence-corrected chi connectivity index (χ2v) is 3.80. The number of carbonyl (C=O) groups is 1. The molecule has 1 aromatic heterocycles. The van der Waals surface area contributed by atoms with Crippen LogP contribution in [0.25, 0.3) is 0 Å². The number of ether oxygens (including phenoxy) is 1. The standard InChI is InChI=1S/C13H13FN2O2/c1-16-7-3-4-11(16)13(17)15-10-6-5-9(14)8-12(10)18-2/h3-8H,1-2H3,(H,15,17). The van der Waals surface area contributed by atoms with E-state index >= 15 is 0 Å². The van der Waals surface area contributed by atoms with Gasteiger partial charge in [0.15, 0.2) is 0 Å². The molecule has 0 spiro atoms. The van der Waals surface area contributed by atoms with E-state index in [-0.39, 0.29) is 11.7 Å². The summed E-state index contributed by atoms with van der Waals surface area (Å²) in [6, 6.07) is 7.43. The molecule has 0 aliphatic heterocycles. The summed E-state index contributed by atoms with van der Waals surface area (Å²) in [5.74, 6) is -0.395. The van der Waals surface area contributed by atoms with Crippen LogP contribution in [-0.2, 0) is 7.05 Å². The molecule has 1 heterocycles. The van der Waals surface area contributed by atoms with Gasteiger partial charge >= 0.3 is 0 Å². The summed E-state index contributed by atoms with van der Waals surface area (Å²) in [5, 5.41) is 2.68. The van der Waals surface area contributed by atoms with E-state index in [1.54, 1.807) is 29.9 Å². The Morgan fingerprint density at radius 1 is 1.39 bits per heavy atom. The van der Waals surface area contributed by atoms with Crippen LogP contribution < -0.4 is 10.1 Å². The molecule has 4 nitrogen and oxygen atoms in total. The number of halogens is 1. The van der Waals surface area contributed by atoms with Crippen LogP contribution in [0.5, 0.6) is 5.75 Å². The predicted octanol–water partition coefficient (Wildman–Crippen LogP) is 2.43. The Morgan fingerprint density at radius 2 is 2.17 bits per heavy atom. The molecule has 1 aromatic carbocycles. The van der Waals surface area contributed by atoms with Crippen LogP contribution in [0.3, 0.4) is 0 Å². The number of nitrogens with one attached hydrogen (secondary N) is 1. The molecule has 0 saturated heterocycles. The van der Waals surface area contributed by atoms with Crippen molar-refractivity contribution in [3.63, 3.8) is 0 Å². The molecular weight excluding hydrogens is 235 g/mol. The second-order valence-electron chi connectivity index (χ2n) is 3.80. The van der Waals surface area contributed by atoms with E-state index in [2.05, 4.69) is 5.32 Å². The molecule has 0 aliphatic rings. The van der Waals surface area contributed by atoms with E-state index in [0.717, 1.165) is 0 Å². The van der Waals surface area contributed by atoms with Crippen LogP contribution in [-0.4, -0.2) is 17.6 Å². The van der Waals surface area contributed by atoms with Gasteiger partial charge in [0.2, 0.25) is 0 Å². The van der Waals surface area contributed by atoms with Gasteiger partial charge in [0.25, 0.3) is 5.91 Å². The van der Waals surface area contributed by atoms with Gasteiger partial charge in [-0.3, -0.25) is 4.79 Å². The van der Waals surface area contributed by atoms with Crippen molar-refractivity contribution in [2.24, 2.45) is 7.05 Å². The highest BCUT2D eigenvalue weighted by atomic mass is 19.1. The zero-order valence-electron chi connectivity index (χ0n) is 10.1. The van der Waals surface area contributed by atoms with Gasteiger partial charge in [0.1, 0.15) is 17.3 Å². The van der Waals surface area contributed by atoms with Gasteiger partial charge in [-0.2, -0.15) is 0 Å². The van der Waals surface area contributed by atoms with E-state index in [1.807, 2.05) is 0 Å². The van der Waals surface area contributed by atoms with Crippen molar-refractivity contribution in [2.75, 3.05) is 12.4 Å². The molecule has 0 radical (unpaired) electrons. The van der Waals surface area contributed by atoms with E-state index < -0.39 is 5.82 Å². The zero-order chi connectivity index (χ0) is 13.1. The highest BCUT2D eigenvalue weighted by Crippen LogP contribution is 2.25. The number of hydrogen-bond acceptors (Lipinski definition) is 2. The van der Waals surface area contributed by atoms with Crippen LogP contribution in [0, 0.1) is 5.82 Å². The summed E-state index contributed by atoms with van der Waals surface area (Å²) in [4.78, 5) is 12.0. The molecule has 0 fully saturated rings. The fourth-order valence-electron chi connectivity index (χ4n) is 1.65. The summed E-state index contributed by atoms with van der Waals surface area (Å²) < 4.78 is 19.7. The Labute approximate surface area is 104 Å². The average Bonchev–Trinajstić information content (AvgIpc) is 2.77. The third-order valence-electron chi connectivity index (χ3n) is 2.59. The second kappa shape index (κ2) is 4.91. The third-order valence-corrected chi connectivity index (χ3v) is 2.59. The highest BCUT2D eigenvalue weighted by molar-refractivity contribution is 6.03. The number of benzene rings is 1. The number of aromatic nitrogens is 1. The number of anilines is 1. The maximum atomic E-state index is 13.0. The molecule has 2 rings (SSSR count). The molecule has 18 heavy (non-hydrogen) atoms. The Kier molecular flexibility index (Phi) is 3.32. The van der Waals surface area contributed by atoms with E-state index in [4.69, 9.17) is 4.74 Å². The van der Waals surface area contributed by atoms with E-state index in [9.17, 15) is 9.18 Å². The number of carbonyl (C=O) groups excluding carboxylic acids is 1. The first-order valence-electron chi connectivity index (χ1n) is 5.38. The minimum atomic E-state index is -0.413. The predicted molar refractivity (Wildman–Crippen MR) is 66.3 cm³/mol. The molecule has 0 atom stereocenters. The first-order valence-corrected chi connectivity index (χ1v) is 5.38. The Morgan fingerprint density at radius 3 is 2.78 bits per heavy atom. The largest absolute Gasteiger partial charge is 0.494 e. The molecule has 0 saturated carbocycles. The maximum Gasteiger partial charge on any atom is 0.272 e. The van der Waals surface area contributed by atoms with Gasteiger partial charge in [-0.25, -0.2) is 4.39 Å². The van der Waals surface area contributed by atoms with Crippen molar-refractivity contribution in [1.82, 2.24) is 4.57 Å². The number of methoxy groups -OCH3 is 1. The molecule has 0 aliphatic carbocycles. The number of rotatable bonds is 3. The van der Waals surface area contributed by atoms with E-state index in [0.29, 0.717) is 11.4 Å². The Balaban J connectivity index is 2.24. The average molecular weight is 248 g/mol. The van der Waals surface area contributed by atoms with Gasteiger partial charge in [-0.15, -0.1) is 0 Å². The lowest BCUT2D eigenvalue weighted by atomic mass is 10.2. The molecule has 0 bridgehead atoms. The van der Waals surface area contributed by atoms with Gasteiger partial charge in [-0.1, -0.05) is 0 Å². The monoisotopic (exact) mass is 248 g/mol. The van der Waals surface area contributed by atoms with Crippen molar-refractivity contribution in [3.05, 3.63) is 48.0 Å². The lowest BCUT2D eigenvalue weighted by molar-refractivity contribution is 0.101. The summed E-state index contributed by atoms with van der Waals surface area (Å²) in [7, 11) is 3.20. The lowest BCUT2D eigenvalue weighted by Gasteiger charge is -2.10. The van der Waals surface area contributed by atoms with Crippen molar-refractivity contribution in [1.29, 1.82) is 0 Å². The third kappa shape index (κ3) is 2.34. The van der Waals surface area contributed by atoms with Crippen LogP contribution in [0.15, 0.2) is 36.5 Å². The topological polar surface area (TPSA) is 43.3 Å². The van der Waals surface area contributed by atoms with Gasteiger partial charge in [0, 0.05) is 19.3 Å². The van der Waals surface area contributed by atoms with Gasteiger partial charge < -0.3 is 14.6 Å². The molecule has 94 valence electrons. The fourth-order valence-corrected chi connectivity index (χ4v) is 1.65. The number of hydrogen-bond donors (Lipinski definition) is 1. The molecule has 1 amide bonds. The smallest absolute Gasteiger partial charge is 0.272 e. The number of nitrogens with zero attached hydrogens (tertiary/aromatic N) is 1.